The van der Waals surface area contributed by atoms with Gasteiger partial charge in [0, 0.05) is 12.0 Å². The van der Waals surface area contributed by atoms with Crippen LogP contribution in [0, 0.1) is 11.3 Å². The molecule has 0 unspecified atom stereocenters. The number of carbonyl (C=O) groups excluding carboxylic acids is 1. The lowest BCUT2D eigenvalue weighted by molar-refractivity contribution is -0.152. The molecule has 1 aromatic rings. The lowest BCUT2D eigenvalue weighted by atomic mass is 9.51. The predicted molar refractivity (Wildman–Crippen MR) is 115 cm³/mol. The van der Waals surface area contributed by atoms with Crippen molar-refractivity contribution < 1.29 is 14.6 Å². The van der Waals surface area contributed by atoms with Gasteiger partial charge in [0.15, 0.2) is 0 Å². The van der Waals surface area contributed by atoms with Crippen molar-refractivity contribution in [2.45, 2.75) is 89.5 Å². The number of rotatable bonds is 2. The summed E-state index contributed by atoms with van der Waals surface area (Å²) in [5, 5.41) is 14.3. The number of fused-ring (bicyclic) bond motifs is 2. The Hall–Kier alpha value is -2.08. The molecule has 1 aromatic heterocycles. The summed E-state index contributed by atoms with van der Waals surface area (Å²) in [5.74, 6) is 0.239. The highest BCUT2D eigenvalue weighted by Gasteiger charge is 2.58. The van der Waals surface area contributed by atoms with Crippen LogP contribution >= 0.6 is 0 Å². The summed E-state index contributed by atoms with van der Waals surface area (Å²) >= 11 is 0. The largest absolute Gasteiger partial charge is 0.444 e. The van der Waals surface area contributed by atoms with Crippen LogP contribution < -0.4 is 5.32 Å². The number of aliphatic hydroxyl groups excluding tert-OH is 1. The third-order valence-corrected chi connectivity index (χ3v) is 7.58. The molecule has 1 aliphatic heterocycles. The Kier molecular flexibility index (Phi) is 4.62. The summed E-state index contributed by atoms with van der Waals surface area (Å²) < 4.78 is 7.68. The minimum atomic E-state index is -0.480. The van der Waals surface area contributed by atoms with Crippen molar-refractivity contribution in [1.29, 1.82) is 0 Å². The highest BCUT2D eigenvalue weighted by atomic mass is 16.6. The number of amides is 1. The smallest absolute Gasteiger partial charge is 0.407 e. The number of aromatic nitrogens is 2. The van der Waals surface area contributed by atoms with Crippen LogP contribution in [0.5, 0.6) is 0 Å². The van der Waals surface area contributed by atoms with Crippen molar-refractivity contribution in [3.05, 3.63) is 35.9 Å². The molecular formula is C24H33N3O3. The Balaban J connectivity index is 1.23. The number of aliphatic hydroxyl groups is 1. The number of imidazole rings is 1. The highest BCUT2D eigenvalue weighted by molar-refractivity contribution is 5.74. The van der Waals surface area contributed by atoms with E-state index in [1.807, 2.05) is 33.3 Å². The van der Waals surface area contributed by atoms with Gasteiger partial charge in [0.05, 0.1) is 30.4 Å². The average molecular weight is 412 g/mol. The van der Waals surface area contributed by atoms with Crippen molar-refractivity contribution in [3.8, 4) is 0 Å². The third kappa shape index (κ3) is 3.20. The van der Waals surface area contributed by atoms with Gasteiger partial charge in [0.2, 0.25) is 0 Å². The molecule has 3 aliphatic carbocycles. The quantitative estimate of drug-likeness (QED) is 0.757. The molecule has 30 heavy (non-hydrogen) atoms. The third-order valence-electron chi connectivity index (χ3n) is 7.58. The van der Waals surface area contributed by atoms with Gasteiger partial charge >= 0.3 is 6.09 Å². The van der Waals surface area contributed by atoms with Gasteiger partial charge in [0.1, 0.15) is 5.60 Å². The molecule has 1 amide bonds. The maximum absolute atomic E-state index is 12.1. The van der Waals surface area contributed by atoms with Gasteiger partial charge in [-0.05, 0) is 82.3 Å². The number of ether oxygens (including phenoxy) is 1. The maximum atomic E-state index is 12.1. The molecule has 2 heterocycles. The first kappa shape index (κ1) is 19.9. The molecule has 6 nitrogen and oxygen atoms in total. The normalized spacial score (nSPS) is 35.1. The zero-order valence-electron chi connectivity index (χ0n) is 18.2. The number of carbonyl (C=O) groups is 1. The van der Waals surface area contributed by atoms with Crippen LogP contribution in [0.25, 0.3) is 5.57 Å². The molecule has 2 saturated carbocycles. The van der Waals surface area contributed by atoms with Crippen LogP contribution in [-0.4, -0.2) is 38.5 Å². The highest BCUT2D eigenvalue weighted by Crippen LogP contribution is 2.61. The molecule has 0 saturated heterocycles. The van der Waals surface area contributed by atoms with E-state index in [4.69, 9.17) is 4.74 Å². The lowest BCUT2D eigenvalue weighted by Crippen LogP contribution is -2.58. The second kappa shape index (κ2) is 6.98. The summed E-state index contributed by atoms with van der Waals surface area (Å²) in [5.41, 5.74) is 3.56. The Labute approximate surface area is 178 Å². The van der Waals surface area contributed by atoms with E-state index in [9.17, 15) is 9.90 Å². The van der Waals surface area contributed by atoms with Crippen molar-refractivity contribution in [2.75, 3.05) is 0 Å². The number of hydrogen-bond donors (Lipinski definition) is 2. The fraction of sp³-hybridized carbons (Fsp3) is 0.667. The SMILES string of the molecule is CC(C)(C)OC(=O)N[C@H]1CC[C@@]2(CC1)C[C@H]([C@H]1C3=C(CCC=C3)c3cncn31)[C@@H]2O. The number of nitrogens with zero attached hydrogens (tertiary/aromatic N) is 2. The molecule has 2 N–H and O–H groups in total. The lowest BCUT2D eigenvalue weighted by Gasteiger charge is -2.57. The molecule has 5 rings (SSSR count). The molecular weight excluding hydrogens is 378 g/mol. The Morgan fingerprint density at radius 3 is 2.80 bits per heavy atom. The van der Waals surface area contributed by atoms with E-state index in [1.165, 1.54) is 16.8 Å². The fourth-order valence-electron chi connectivity index (χ4n) is 6.17. The second-order valence-electron chi connectivity index (χ2n) is 10.6. The van der Waals surface area contributed by atoms with Gasteiger partial charge < -0.3 is 19.7 Å². The molecule has 6 heteroatoms. The van der Waals surface area contributed by atoms with E-state index in [0.29, 0.717) is 0 Å². The van der Waals surface area contributed by atoms with Crippen LogP contribution in [0.3, 0.4) is 0 Å². The van der Waals surface area contributed by atoms with Gasteiger partial charge in [0.25, 0.3) is 0 Å². The minimum Gasteiger partial charge on any atom is -0.444 e. The molecule has 0 aromatic carbocycles. The zero-order chi connectivity index (χ0) is 21.1. The average Bonchev–Trinajstić information content (AvgIpc) is 3.27. The molecule has 0 radical (unpaired) electrons. The van der Waals surface area contributed by atoms with Crippen LogP contribution in [0.1, 0.15) is 77.5 Å². The summed E-state index contributed by atoms with van der Waals surface area (Å²) in [6.45, 7) is 5.64. The molecule has 3 atom stereocenters. The Morgan fingerprint density at radius 2 is 2.10 bits per heavy atom. The van der Waals surface area contributed by atoms with Crippen LogP contribution in [-0.2, 0) is 4.74 Å². The van der Waals surface area contributed by atoms with Crippen LogP contribution in [0.4, 0.5) is 4.79 Å². The topological polar surface area (TPSA) is 76.4 Å². The number of hydrogen-bond acceptors (Lipinski definition) is 4. The van der Waals surface area contributed by atoms with E-state index in [2.05, 4.69) is 27.0 Å². The fourth-order valence-corrected chi connectivity index (χ4v) is 6.17. The van der Waals surface area contributed by atoms with Gasteiger partial charge in [-0.2, -0.15) is 0 Å². The van der Waals surface area contributed by atoms with Crippen LogP contribution in [0.2, 0.25) is 0 Å². The van der Waals surface area contributed by atoms with Crippen LogP contribution in [0.15, 0.2) is 30.2 Å². The second-order valence-corrected chi connectivity index (χ2v) is 10.6. The van der Waals surface area contributed by atoms with Crippen molar-refractivity contribution >= 4 is 11.7 Å². The summed E-state index contributed by atoms with van der Waals surface area (Å²) in [7, 11) is 0. The maximum Gasteiger partial charge on any atom is 0.407 e. The Morgan fingerprint density at radius 1 is 1.33 bits per heavy atom. The number of nitrogens with one attached hydrogen (secondary N) is 1. The predicted octanol–water partition coefficient (Wildman–Crippen LogP) is 4.38. The van der Waals surface area contributed by atoms with Gasteiger partial charge in [-0.3, -0.25) is 0 Å². The number of alkyl carbamates (subject to hydrolysis) is 1. The van der Waals surface area contributed by atoms with E-state index >= 15 is 0 Å². The molecule has 4 aliphatic rings. The Bertz CT molecular complexity index is 899. The standard InChI is InChI=1S/C24H33N3O3/c1-23(2,3)30-22(29)26-15-8-10-24(11-9-15)12-18(21(24)28)20-17-7-5-4-6-16(17)19-13-25-14-27(19)20/h5,7,13-15,18,20-21,28H,4,6,8-12H2,1-3H3,(H,26,29)/t15-,18-,20-,21+,24+/m1/s1. The molecule has 1 spiro atoms. The monoisotopic (exact) mass is 411 g/mol. The summed E-state index contributed by atoms with van der Waals surface area (Å²) in [6.07, 6.45) is 14.7. The van der Waals surface area contributed by atoms with E-state index in [0.717, 1.165) is 44.9 Å². The van der Waals surface area contributed by atoms with Crippen molar-refractivity contribution in [2.24, 2.45) is 11.3 Å². The van der Waals surface area contributed by atoms with E-state index in [-0.39, 0.29) is 35.6 Å². The summed E-state index contributed by atoms with van der Waals surface area (Å²) in [6, 6.07) is 0.353. The van der Waals surface area contributed by atoms with Crippen molar-refractivity contribution in [3.63, 3.8) is 0 Å². The molecule has 0 bridgehead atoms. The molecule has 162 valence electrons. The first-order valence-electron chi connectivity index (χ1n) is 11.4. The zero-order valence-corrected chi connectivity index (χ0v) is 18.2. The van der Waals surface area contributed by atoms with Gasteiger partial charge in [-0.15, -0.1) is 0 Å². The first-order chi connectivity index (χ1) is 14.3. The van der Waals surface area contributed by atoms with Gasteiger partial charge in [-0.1, -0.05) is 12.2 Å². The first-order valence-corrected chi connectivity index (χ1v) is 11.4. The number of allylic oxidation sites excluding steroid dienone is 4. The minimum absolute atomic E-state index is 0.000776. The van der Waals surface area contributed by atoms with Crippen molar-refractivity contribution in [1.82, 2.24) is 14.9 Å². The summed E-state index contributed by atoms with van der Waals surface area (Å²) in [4.78, 5) is 16.5. The molecule has 2 fully saturated rings. The van der Waals surface area contributed by atoms with Gasteiger partial charge in [-0.25, -0.2) is 9.78 Å². The van der Waals surface area contributed by atoms with E-state index in [1.54, 1.807) is 0 Å². The van der Waals surface area contributed by atoms with E-state index < -0.39 is 5.60 Å².